The van der Waals surface area contributed by atoms with Gasteiger partial charge in [0.25, 0.3) is 0 Å². The predicted octanol–water partition coefficient (Wildman–Crippen LogP) is 2.41. The number of ether oxygens (including phenoxy) is 1. The summed E-state index contributed by atoms with van der Waals surface area (Å²) in [6, 6.07) is 4.56. The SMILES string of the molecule is CCCOc1ccc(CN=C(NCC)NCC2CCCN2CC)cn1. The average molecular weight is 348 g/mol. The second-order valence-corrected chi connectivity index (χ2v) is 6.35. The van der Waals surface area contributed by atoms with Gasteiger partial charge < -0.3 is 15.4 Å². The van der Waals surface area contributed by atoms with Crippen LogP contribution in [0.15, 0.2) is 23.3 Å². The molecule has 0 radical (unpaired) electrons. The molecule has 1 unspecified atom stereocenters. The number of aromatic nitrogens is 1. The van der Waals surface area contributed by atoms with E-state index in [1.807, 2.05) is 18.3 Å². The van der Waals surface area contributed by atoms with Crippen molar-refractivity contribution < 1.29 is 4.74 Å². The average Bonchev–Trinajstić information content (AvgIpc) is 3.10. The number of guanidine groups is 1. The molecule has 1 saturated heterocycles. The molecule has 1 aliphatic rings. The van der Waals surface area contributed by atoms with E-state index in [0.29, 0.717) is 25.1 Å². The Balaban J connectivity index is 1.85. The molecule has 0 spiro atoms. The zero-order valence-electron chi connectivity index (χ0n) is 15.9. The fraction of sp³-hybridized carbons (Fsp3) is 0.684. The molecule has 1 atom stereocenters. The molecule has 1 aromatic heterocycles. The minimum atomic E-state index is 0.610. The number of likely N-dealkylation sites (N-methyl/N-ethyl adjacent to an activating group) is 1. The maximum Gasteiger partial charge on any atom is 0.213 e. The number of hydrogen-bond acceptors (Lipinski definition) is 4. The van der Waals surface area contributed by atoms with Gasteiger partial charge >= 0.3 is 0 Å². The van der Waals surface area contributed by atoms with E-state index in [9.17, 15) is 0 Å². The molecular formula is C19H33N5O. The molecule has 140 valence electrons. The molecule has 0 aliphatic carbocycles. The van der Waals surface area contributed by atoms with Crippen LogP contribution in [0.3, 0.4) is 0 Å². The summed E-state index contributed by atoms with van der Waals surface area (Å²) in [7, 11) is 0. The summed E-state index contributed by atoms with van der Waals surface area (Å²) in [5.74, 6) is 1.55. The maximum atomic E-state index is 5.51. The summed E-state index contributed by atoms with van der Waals surface area (Å²) in [6.07, 6.45) is 5.39. The fourth-order valence-corrected chi connectivity index (χ4v) is 3.07. The highest BCUT2D eigenvalue weighted by molar-refractivity contribution is 5.79. The van der Waals surface area contributed by atoms with E-state index < -0.39 is 0 Å². The Morgan fingerprint density at radius 3 is 2.88 bits per heavy atom. The lowest BCUT2D eigenvalue weighted by Gasteiger charge is -2.24. The molecule has 25 heavy (non-hydrogen) atoms. The van der Waals surface area contributed by atoms with Gasteiger partial charge in [0.05, 0.1) is 13.2 Å². The predicted molar refractivity (Wildman–Crippen MR) is 103 cm³/mol. The number of aliphatic imine (C=N–C) groups is 1. The number of likely N-dealkylation sites (tertiary alicyclic amines) is 1. The van der Waals surface area contributed by atoms with Crippen LogP contribution >= 0.6 is 0 Å². The van der Waals surface area contributed by atoms with Gasteiger partial charge in [0.2, 0.25) is 5.88 Å². The highest BCUT2D eigenvalue weighted by Crippen LogP contribution is 2.15. The van der Waals surface area contributed by atoms with E-state index in [0.717, 1.165) is 37.6 Å². The van der Waals surface area contributed by atoms with Gasteiger partial charge in [-0.05, 0) is 44.8 Å². The minimum Gasteiger partial charge on any atom is -0.478 e. The van der Waals surface area contributed by atoms with Crippen molar-refractivity contribution in [3.63, 3.8) is 0 Å². The zero-order valence-corrected chi connectivity index (χ0v) is 15.9. The molecule has 0 saturated carbocycles. The van der Waals surface area contributed by atoms with E-state index in [1.165, 1.54) is 19.4 Å². The molecule has 2 rings (SSSR count). The summed E-state index contributed by atoms with van der Waals surface area (Å²) in [4.78, 5) is 11.6. The van der Waals surface area contributed by atoms with E-state index in [-0.39, 0.29) is 0 Å². The maximum absolute atomic E-state index is 5.51. The first-order valence-corrected chi connectivity index (χ1v) is 9.60. The molecule has 1 aromatic rings. The molecule has 0 aromatic carbocycles. The van der Waals surface area contributed by atoms with Gasteiger partial charge in [-0.25, -0.2) is 9.98 Å². The molecule has 6 nitrogen and oxygen atoms in total. The van der Waals surface area contributed by atoms with E-state index in [1.54, 1.807) is 0 Å². The van der Waals surface area contributed by atoms with Crippen molar-refractivity contribution in [1.82, 2.24) is 20.5 Å². The second kappa shape index (κ2) is 10.9. The molecule has 1 fully saturated rings. The van der Waals surface area contributed by atoms with Crippen LogP contribution in [-0.4, -0.2) is 54.7 Å². The first-order chi connectivity index (χ1) is 12.3. The Labute approximate surface area is 152 Å². The van der Waals surface area contributed by atoms with Gasteiger partial charge in [0, 0.05) is 31.4 Å². The third kappa shape index (κ3) is 6.53. The molecule has 0 amide bonds. The van der Waals surface area contributed by atoms with Crippen LogP contribution in [0, 0.1) is 0 Å². The van der Waals surface area contributed by atoms with Crippen LogP contribution in [0.5, 0.6) is 5.88 Å². The number of nitrogens with one attached hydrogen (secondary N) is 2. The standard InChI is InChI=1S/C19H33N5O/c1-4-12-25-18-10-9-16(13-21-18)14-22-19(20-5-2)23-15-17-8-7-11-24(17)6-3/h9-10,13,17H,4-8,11-12,14-15H2,1-3H3,(H2,20,22,23). The van der Waals surface area contributed by atoms with Crippen molar-refractivity contribution >= 4 is 5.96 Å². The van der Waals surface area contributed by atoms with Crippen LogP contribution in [-0.2, 0) is 6.54 Å². The molecule has 6 heteroatoms. The van der Waals surface area contributed by atoms with Crippen molar-refractivity contribution in [3.8, 4) is 5.88 Å². The Bertz CT molecular complexity index is 517. The van der Waals surface area contributed by atoms with Crippen molar-refractivity contribution in [2.75, 3.05) is 32.8 Å². The topological polar surface area (TPSA) is 61.8 Å². The molecule has 1 aliphatic heterocycles. The van der Waals surface area contributed by atoms with Crippen molar-refractivity contribution in [2.24, 2.45) is 4.99 Å². The lowest BCUT2D eigenvalue weighted by Crippen LogP contribution is -2.44. The highest BCUT2D eigenvalue weighted by atomic mass is 16.5. The van der Waals surface area contributed by atoms with Gasteiger partial charge in [-0.2, -0.15) is 0 Å². The minimum absolute atomic E-state index is 0.610. The lowest BCUT2D eigenvalue weighted by atomic mass is 10.2. The third-order valence-corrected chi connectivity index (χ3v) is 4.43. The first kappa shape index (κ1) is 19.5. The van der Waals surface area contributed by atoms with Crippen molar-refractivity contribution in [2.45, 2.75) is 52.6 Å². The lowest BCUT2D eigenvalue weighted by molar-refractivity contribution is 0.267. The summed E-state index contributed by atoms with van der Waals surface area (Å²) in [6.45, 7) is 11.9. The first-order valence-electron chi connectivity index (χ1n) is 9.60. The van der Waals surface area contributed by atoms with Gasteiger partial charge in [-0.1, -0.05) is 19.9 Å². The number of pyridine rings is 1. The summed E-state index contributed by atoms with van der Waals surface area (Å²) < 4.78 is 5.51. The van der Waals surface area contributed by atoms with Gasteiger partial charge in [-0.15, -0.1) is 0 Å². The Morgan fingerprint density at radius 1 is 1.32 bits per heavy atom. The van der Waals surface area contributed by atoms with E-state index in [4.69, 9.17) is 4.74 Å². The van der Waals surface area contributed by atoms with Crippen molar-refractivity contribution in [1.29, 1.82) is 0 Å². The summed E-state index contributed by atoms with van der Waals surface area (Å²) in [5, 5.41) is 6.81. The Morgan fingerprint density at radius 2 is 2.20 bits per heavy atom. The van der Waals surface area contributed by atoms with Crippen LogP contribution in [0.25, 0.3) is 0 Å². The number of nitrogens with zero attached hydrogens (tertiary/aromatic N) is 3. The van der Waals surface area contributed by atoms with Gasteiger partial charge in [0.15, 0.2) is 5.96 Å². The third-order valence-electron chi connectivity index (χ3n) is 4.43. The zero-order chi connectivity index (χ0) is 17.9. The smallest absolute Gasteiger partial charge is 0.213 e. The van der Waals surface area contributed by atoms with Crippen molar-refractivity contribution in [3.05, 3.63) is 23.9 Å². The van der Waals surface area contributed by atoms with Crippen LogP contribution in [0.1, 0.15) is 45.6 Å². The normalized spacial score (nSPS) is 18.4. The van der Waals surface area contributed by atoms with Crippen LogP contribution in [0.2, 0.25) is 0 Å². The van der Waals surface area contributed by atoms with Crippen LogP contribution in [0.4, 0.5) is 0 Å². The fourth-order valence-electron chi connectivity index (χ4n) is 3.07. The largest absolute Gasteiger partial charge is 0.478 e. The molecule has 2 heterocycles. The highest BCUT2D eigenvalue weighted by Gasteiger charge is 2.22. The monoisotopic (exact) mass is 347 g/mol. The van der Waals surface area contributed by atoms with E-state index in [2.05, 4.69) is 46.3 Å². The van der Waals surface area contributed by atoms with Crippen LogP contribution < -0.4 is 15.4 Å². The van der Waals surface area contributed by atoms with E-state index >= 15 is 0 Å². The molecule has 0 bridgehead atoms. The summed E-state index contributed by atoms with van der Waals surface area (Å²) in [5.41, 5.74) is 1.08. The number of hydrogen-bond donors (Lipinski definition) is 2. The van der Waals surface area contributed by atoms with Gasteiger partial charge in [-0.3, -0.25) is 4.90 Å². The quantitative estimate of drug-likeness (QED) is 0.531. The Hall–Kier alpha value is -1.82. The van der Waals surface area contributed by atoms with Gasteiger partial charge in [0.1, 0.15) is 0 Å². The number of rotatable bonds is 9. The summed E-state index contributed by atoms with van der Waals surface area (Å²) >= 11 is 0. The second-order valence-electron chi connectivity index (χ2n) is 6.35. The molecular weight excluding hydrogens is 314 g/mol. The Kier molecular flexibility index (Phi) is 8.52. The molecule has 2 N–H and O–H groups in total.